The molecule has 0 unspecified atom stereocenters. The Bertz CT molecular complexity index is 597. The SMILES string of the molecule is Cc1cc(-c2noc(CNC(=O)CN)n2)ccc1F. The molecular weight excluding hydrogens is 251 g/mol. The van der Waals surface area contributed by atoms with Crippen molar-refractivity contribution in [1.29, 1.82) is 0 Å². The van der Waals surface area contributed by atoms with Crippen LogP contribution in [0.2, 0.25) is 0 Å². The summed E-state index contributed by atoms with van der Waals surface area (Å²) in [5, 5.41) is 6.28. The predicted octanol–water partition coefficient (Wildman–Crippen LogP) is 0.759. The minimum Gasteiger partial charge on any atom is -0.346 e. The van der Waals surface area contributed by atoms with Gasteiger partial charge in [0.15, 0.2) is 0 Å². The molecule has 0 spiro atoms. The molecule has 19 heavy (non-hydrogen) atoms. The van der Waals surface area contributed by atoms with Gasteiger partial charge in [0.05, 0.1) is 13.1 Å². The van der Waals surface area contributed by atoms with Gasteiger partial charge in [-0.05, 0) is 30.7 Å². The van der Waals surface area contributed by atoms with Crippen LogP contribution in [0.15, 0.2) is 22.7 Å². The van der Waals surface area contributed by atoms with Crippen LogP contribution in [0.25, 0.3) is 11.4 Å². The average Bonchev–Trinajstić information content (AvgIpc) is 2.88. The van der Waals surface area contributed by atoms with E-state index >= 15 is 0 Å². The van der Waals surface area contributed by atoms with Gasteiger partial charge in [-0.15, -0.1) is 0 Å². The lowest BCUT2D eigenvalue weighted by Crippen LogP contribution is -2.29. The molecule has 1 heterocycles. The molecule has 2 aromatic rings. The number of halogens is 1. The molecule has 0 saturated heterocycles. The zero-order valence-electron chi connectivity index (χ0n) is 10.3. The van der Waals surface area contributed by atoms with E-state index in [4.69, 9.17) is 10.3 Å². The molecule has 1 aromatic carbocycles. The van der Waals surface area contributed by atoms with Crippen molar-refractivity contribution in [3.8, 4) is 11.4 Å². The number of nitrogens with zero attached hydrogens (tertiary/aromatic N) is 2. The number of nitrogens with two attached hydrogens (primary N) is 1. The van der Waals surface area contributed by atoms with Crippen molar-refractivity contribution in [1.82, 2.24) is 15.5 Å². The summed E-state index contributed by atoms with van der Waals surface area (Å²) in [7, 11) is 0. The molecule has 100 valence electrons. The van der Waals surface area contributed by atoms with Gasteiger partial charge in [0, 0.05) is 5.56 Å². The normalized spacial score (nSPS) is 10.5. The van der Waals surface area contributed by atoms with E-state index < -0.39 is 0 Å². The zero-order chi connectivity index (χ0) is 13.8. The van der Waals surface area contributed by atoms with Crippen LogP contribution in [0, 0.1) is 12.7 Å². The molecular formula is C12H13FN4O2. The third-order valence-corrected chi connectivity index (χ3v) is 2.51. The first-order chi connectivity index (χ1) is 9.10. The van der Waals surface area contributed by atoms with Crippen LogP contribution in [0.1, 0.15) is 11.5 Å². The van der Waals surface area contributed by atoms with Crippen LogP contribution >= 0.6 is 0 Å². The van der Waals surface area contributed by atoms with Crippen molar-refractivity contribution >= 4 is 5.91 Å². The summed E-state index contributed by atoms with van der Waals surface area (Å²) in [4.78, 5) is 15.1. The number of carbonyl (C=O) groups excluding carboxylic acids is 1. The topological polar surface area (TPSA) is 94.0 Å². The number of carbonyl (C=O) groups is 1. The number of rotatable bonds is 4. The van der Waals surface area contributed by atoms with Crippen LogP contribution < -0.4 is 11.1 Å². The van der Waals surface area contributed by atoms with E-state index in [9.17, 15) is 9.18 Å². The van der Waals surface area contributed by atoms with E-state index in [-0.39, 0.29) is 30.7 Å². The third-order valence-electron chi connectivity index (χ3n) is 2.51. The summed E-state index contributed by atoms with van der Waals surface area (Å²) < 4.78 is 18.1. The maximum atomic E-state index is 13.1. The standard InChI is InChI=1S/C12H13FN4O2/c1-7-4-8(2-3-9(7)13)12-16-11(19-17-12)6-15-10(18)5-14/h2-4H,5-6,14H2,1H3,(H,15,18). The molecule has 1 aromatic heterocycles. The summed E-state index contributed by atoms with van der Waals surface area (Å²) in [6, 6.07) is 4.54. The molecule has 0 bridgehead atoms. The molecule has 0 fully saturated rings. The van der Waals surface area contributed by atoms with Gasteiger partial charge in [-0.3, -0.25) is 4.79 Å². The Labute approximate surface area is 108 Å². The van der Waals surface area contributed by atoms with Crippen LogP contribution in [0.4, 0.5) is 4.39 Å². The first-order valence-electron chi connectivity index (χ1n) is 5.66. The summed E-state index contributed by atoms with van der Waals surface area (Å²) in [5.74, 6) is 0.0129. The van der Waals surface area contributed by atoms with Crippen molar-refractivity contribution in [2.75, 3.05) is 6.54 Å². The highest BCUT2D eigenvalue weighted by Crippen LogP contribution is 2.18. The fourth-order valence-electron chi connectivity index (χ4n) is 1.47. The van der Waals surface area contributed by atoms with Crippen molar-refractivity contribution < 1.29 is 13.7 Å². The predicted molar refractivity (Wildman–Crippen MR) is 65.3 cm³/mol. The second-order valence-electron chi connectivity index (χ2n) is 3.96. The van der Waals surface area contributed by atoms with E-state index in [2.05, 4.69) is 15.5 Å². The van der Waals surface area contributed by atoms with Crippen LogP contribution in [0.3, 0.4) is 0 Å². The fourth-order valence-corrected chi connectivity index (χ4v) is 1.47. The third kappa shape index (κ3) is 3.14. The first kappa shape index (κ1) is 13.2. The van der Waals surface area contributed by atoms with Gasteiger partial charge in [0.2, 0.25) is 17.6 Å². The lowest BCUT2D eigenvalue weighted by molar-refractivity contribution is -0.120. The highest BCUT2D eigenvalue weighted by molar-refractivity contribution is 5.77. The van der Waals surface area contributed by atoms with Gasteiger partial charge in [-0.25, -0.2) is 4.39 Å². The van der Waals surface area contributed by atoms with Gasteiger partial charge in [-0.2, -0.15) is 4.98 Å². The van der Waals surface area contributed by atoms with Crippen LogP contribution in [-0.4, -0.2) is 22.6 Å². The molecule has 3 N–H and O–H groups in total. The number of aryl methyl sites for hydroxylation is 1. The minimum absolute atomic E-state index is 0.0991. The molecule has 2 rings (SSSR count). The first-order valence-corrected chi connectivity index (χ1v) is 5.66. The second kappa shape index (κ2) is 5.57. The lowest BCUT2D eigenvalue weighted by atomic mass is 10.1. The number of amides is 1. The largest absolute Gasteiger partial charge is 0.346 e. The smallest absolute Gasteiger partial charge is 0.246 e. The number of aromatic nitrogens is 2. The molecule has 6 nitrogen and oxygen atoms in total. The highest BCUT2D eigenvalue weighted by atomic mass is 19.1. The Balaban J connectivity index is 2.12. The summed E-state index contributed by atoms with van der Waals surface area (Å²) in [5.41, 5.74) is 6.30. The van der Waals surface area contributed by atoms with Crippen molar-refractivity contribution in [3.63, 3.8) is 0 Å². The molecule has 1 amide bonds. The van der Waals surface area contributed by atoms with Crippen molar-refractivity contribution in [2.45, 2.75) is 13.5 Å². The Morgan fingerprint density at radius 1 is 1.53 bits per heavy atom. The van der Waals surface area contributed by atoms with Crippen molar-refractivity contribution in [2.24, 2.45) is 5.73 Å². The van der Waals surface area contributed by atoms with Crippen LogP contribution in [0.5, 0.6) is 0 Å². The molecule has 0 aliphatic rings. The monoisotopic (exact) mass is 264 g/mol. The highest BCUT2D eigenvalue weighted by Gasteiger charge is 2.10. The van der Waals surface area contributed by atoms with E-state index in [1.165, 1.54) is 6.07 Å². The molecule has 7 heteroatoms. The maximum Gasteiger partial charge on any atom is 0.246 e. The molecule has 0 atom stereocenters. The lowest BCUT2D eigenvalue weighted by Gasteiger charge is -1.98. The fraction of sp³-hybridized carbons (Fsp3) is 0.250. The number of hydrogen-bond acceptors (Lipinski definition) is 5. The molecule has 0 aliphatic carbocycles. The van der Waals surface area contributed by atoms with Gasteiger partial charge in [0.25, 0.3) is 0 Å². The Hall–Kier alpha value is -2.28. The summed E-state index contributed by atoms with van der Waals surface area (Å²) in [6.07, 6.45) is 0. The summed E-state index contributed by atoms with van der Waals surface area (Å²) in [6.45, 7) is 1.67. The number of nitrogens with one attached hydrogen (secondary N) is 1. The quantitative estimate of drug-likeness (QED) is 0.850. The molecule has 0 saturated carbocycles. The van der Waals surface area contributed by atoms with E-state index in [1.54, 1.807) is 19.1 Å². The van der Waals surface area contributed by atoms with E-state index in [0.717, 1.165) is 0 Å². The zero-order valence-corrected chi connectivity index (χ0v) is 10.3. The Morgan fingerprint density at radius 2 is 2.32 bits per heavy atom. The Morgan fingerprint density at radius 3 is 3.00 bits per heavy atom. The van der Waals surface area contributed by atoms with Gasteiger partial charge in [0.1, 0.15) is 5.82 Å². The average molecular weight is 264 g/mol. The van der Waals surface area contributed by atoms with Gasteiger partial charge >= 0.3 is 0 Å². The maximum absolute atomic E-state index is 13.1. The van der Waals surface area contributed by atoms with Crippen LogP contribution in [-0.2, 0) is 11.3 Å². The van der Waals surface area contributed by atoms with E-state index in [0.29, 0.717) is 17.0 Å². The van der Waals surface area contributed by atoms with Crippen molar-refractivity contribution in [3.05, 3.63) is 35.5 Å². The van der Waals surface area contributed by atoms with Gasteiger partial charge < -0.3 is 15.6 Å². The Kier molecular flexibility index (Phi) is 3.86. The number of benzene rings is 1. The number of hydrogen-bond donors (Lipinski definition) is 2. The molecule has 0 aliphatic heterocycles. The minimum atomic E-state index is -0.308. The molecule has 0 radical (unpaired) electrons. The van der Waals surface area contributed by atoms with Gasteiger partial charge in [-0.1, -0.05) is 5.16 Å². The summed E-state index contributed by atoms with van der Waals surface area (Å²) >= 11 is 0. The second-order valence-corrected chi connectivity index (χ2v) is 3.96. The van der Waals surface area contributed by atoms with E-state index in [1.807, 2.05) is 0 Å².